The van der Waals surface area contributed by atoms with Crippen LogP contribution >= 0.6 is 0 Å². The van der Waals surface area contributed by atoms with Crippen LogP contribution in [0.2, 0.25) is 0 Å². The number of furan rings is 1. The summed E-state index contributed by atoms with van der Waals surface area (Å²) in [5, 5.41) is 13.7. The number of benzene rings is 1. The maximum Gasteiger partial charge on any atom is 0.216 e. The Hall–Kier alpha value is -3.29. The van der Waals surface area contributed by atoms with E-state index in [2.05, 4.69) is 30.8 Å². The SMILES string of the molecule is CN=C(NCCc1nc(-c2ccco2)n[nH]1)NCc1ccccc1OC(C)(C)C. The highest BCUT2D eigenvalue weighted by atomic mass is 16.5. The quantitative estimate of drug-likeness (QED) is 0.419. The molecule has 8 heteroatoms. The molecule has 0 bridgehead atoms. The van der Waals surface area contributed by atoms with Crippen LogP contribution in [0.3, 0.4) is 0 Å². The highest BCUT2D eigenvalue weighted by Crippen LogP contribution is 2.22. The number of H-pyrrole nitrogens is 1. The van der Waals surface area contributed by atoms with Crippen LogP contribution in [-0.2, 0) is 13.0 Å². The second kappa shape index (κ2) is 9.27. The molecule has 0 aliphatic rings. The molecule has 0 atom stereocenters. The number of hydrogen-bond acceptors (Lipinski definition) is 5. The monoisotopic (exact) mass is 396 g/mol. The zero-order valence-corrected chi connectivity index (χ0v) is 17.3. The van der Waals surface area contributed by atoms with Gasteiger partial charge in [0.2, 0.25) is 5.82 Å². The average molecular weight is 396 g/mol. The summed E-state index contributed by atoms with van der Waals surface area (Å²) in [6.07, 6.45) is 2.28. The Morgan fingerprint density at radius 1 is 1.17 bits per heavy atom. The molecule has 2 aromatic heterocycles. The Morgan fingerprint density at radius 3 is 2.72 bits per heavy atom. The third kappa shape index (κ3) is 6.10. The Balaban J connectivity index is 1.49. The van der Waals surface area contributed by atoms with Crippen molar-refractivity contribution in [1.29, 1.82) is 0 Å². The molecule has 3 rings (SSSR count). The topological polar surface area (TPSA) is 100 Å². The molecule has 1 aromatic carbocycles. The van der Waals surface area contributed by atoms with Gasteiger partial charge in [0.15, 0.2) is 11.7 Å². The Labute approximate surface area is 170 Å². The molecule has 0 amide bonds. The summed E-state index contributed by atoms with van der Waals surface area (Å²) >= 11 is 0. The van der Waals surface area contributed by atoms with Crippen molar-refractivity contribution < 1.29 is 9.15 Å². The smallest absolute Gasteiger partial charge is 0.216 e. The molecule has 3 N–H and O–H groups in total. The van der Waals surface area contributed by atoms with Crippen molar-refractivity contribution in [1.82, 2.24) is 25.8 Å². The largest absolute Gasteiger partial charge is 0.488 e. The number of nitrogens with one attached hydrogen (secondary N) is 3. The van der Waals surface area contributed by atoms with Crippen LogP contribution in [0, 0.1) is 0 Å². The molecule has 2 heterocycles. The van der Waals surface area contributed by atoms with E-state index in [0.29, 0.717) is 37.1 Å². The van der Waals surface area contributed by atoms with Crippen LogP contribution < -0.4 is 15.4 Å². The van der Waals surface area contributed by atoms with Crippen LogP contribution in [0.1, 0.15) is 32.2 Å². The van der Waals surface area contributed by atoms with Gasteiger partial charge in [-0.15, -0.1) is 0 Å². The normalized spacial score (nSPS) is 12.1. The Kier molecular flexibility index (Phi) is 6.54. The summed E-state index contributed by atoms with van der Waals surface area (Å²) in [4.78, 5) is 8.71. The summed E-state index contributed by atoms with van der Waals surface area (Å²) in [6.45, 7) is 7.39. The van der Waals surface area contributed by atoms with E-state index in [4.69, 9.17) is 9.15 Å². The third-order valence-electron chi connectivity index (χ3n) is 3.99. The summed E-state index contributed by atoms with van der Waals surface area (Å²) in [5.74, 6) is 3.57. The molecule has 0 fully saturated rings. The van der Waals surface area contributed by atoms with Gasteiger partial charge in [-0.2, -0.15) is 5.10 Å². The van der Waals surface area contributed by atoms with Crippen molar-refractivity contribution in [2.45, 2.75) is 39.3 Å². The molecule has 0 unspecified atom stereocenters. The summed E-state index contributed by atoms with van der Waals surface area (Å²) in [5.41, 5.74) is 0.824. The minimum atomic E-state index is -0.248. The lowest BCUT2D eigenvalue weighted by molar-refractivity contribution is 0.129. The fraction of sp³-hybridized carbons (Fsp3) is 0.381. The van der Waals surface area contributed by atoms with Crippen LogP contribution in [0.5, 0.6) is 5.75 Å². The highest BCUT2D eigenvalue weighted by molar-refractivity contribution is 5.79. The van der Waals surface area contributed by atoms with Gasteiger partial charge in [-0.25, -0.2) is 4.98 Å². The number of ether oxygens (including phenoxy) is 1. The molecule has 0 aliphatic heterocycles. The maximum atomic E-state index is 6.04. The average Bonchev–Trinajstić information content (AvgIpc) is 3.36. The molecule has 0 saturated carbocycles. The van der Waals surface area contributed by atoms with E-state index in [0.717, 1.165) is 17.1 Å². The van der Waals surface area contributed by atoms with E-state index in [-0.39, 0.29) is 5.60 Å². The van der Waals surface area contributed by atoms with Crippen molar-refractivity contribution in [3.05, 3.63) is 54.0 Å². The molecule has 0 aliphatic carbocycles. The van der Waals surface area contributed by atoms with Gasteiger partial charge in [-0.1, -0.05) is 18.2 Å². The third-order valence-corrected chi connectivity index (χ3v) is 3.99. The molecule has 0 spiro atoms. The number of hydrogen-bond donors (Lipinski definition) is 3. The number of aromatic amines is 1. The number of rotatable bonds is 7. The first-order chi connectivity index (χ1) is 13.9. The number of nitrogens with zero attached hydrogens (tertiary/aromatic N) is 3. The van der Waals surface area contributed by atoms with Crippen LogP contribution in [0.15, 0.2) is 52.1 Å². The van der Waals surface area contributed by atoms with E-state index in [1.54, 1.807) is 13.3 Å². The number of aliphatic imine (C=N–C) groups is 1. The first kappa shape index (κ1) is 20.4. The second-order valence-corrected chi connectivity index (χ2v) is 7.51. The van der Waals surface area contributed by atoms with Crippen LogP contribution in [0.4, 0.5) is 0 Å². The predicted molar refractivity (Wildman–Crippen MR) is 113 cm³/mol. The molecule has 3 aromatic rings. The van der Waals surface area contributed by atoms with Gasteiger partial charge in [0.05, 0.1) is 6.26 Å². The lowest BCUT2D eigenvalue weighted by Crippen LogP contribution is -2.38. The highest BCUT2D eigenvalue weighted by Gasteiger charge is 2.14. The van der Waals surface area contributed by atoms with Crippen molar-refractivity contribution in [3.63, 3.8) is 0 Å². The van der Waals surface area contributed by atoms with Gasteiger partial charge in [-0.3, -0.25) is 10.1 Å². The van der Waals surface area contributed by atoms with E-state index < -0.39 is 0 Å². The van der Waals surface area contributed by atoms with Gasteiger partial charge in [0, 0.05) is 32.1 Å². The van der Waals surface area contributed by atoms with Gasteiger partial charge in [0.25, 0.3) is 0 Å². The second-order valence-electron chi connectivity index (χ2n) is 7.51. The maximum absolute atomic E-state index is 6.04. The Morgan fingerprint density at radius 2 is 2.00 bits per heavy atom. The van der Waals surface area contributed by atoms with Gasteiger partial charge in [0.1, 0.15) is 17.2 Å². The number of para-hydroxylation sites is 1. The molecule has 0 saturated heterocycles. The number of aromatic nitrogens is 3. The van der Waals surface area contributed by atoms with E-state index in [1.807, 2.05) is 57.2 Å². The van der Waals surface area contributed by atoms with Crippen molar-refractivity contribution in [2.24, 2.45) is 4.99 Å². The molecule has 29 heavy (non-hydrogen) atoms. The van der Waals surface area contributed by atoms with E-state index in [9.17, 15) is 0 Å². The van der Waals surface area contributed by atoms with Crippen LogP contribution in [0.25, 0.3) is 11.6 Å². The molecular formula is C21H28N6O2. The van der Waals surface area contributed by atoms with Crippen molar-refractivity contribution in [3.8, 4) is 17.3 Å². The fourth-order valence-corrected chi connectivity index (χ4v) is 2.70. The predicted octanol–water partition coefficient (Wildman–Crippen LogP) is 3.15. The first-order valence-corrected chi connectivity index (χ1v) is 9.61. The minimum absolute atomic E-state index is 0.248. The summed E-state index contributed by atoms with van der Waals surface area (Å²) in [7, 11) is 1.75. The summed E-state index contributed by atoms with van der Waals surface area (Å²) in [6, 6.07) is 11.7. The molecule has 0 radical (unpaired) electrons. The van der Waals surface area contributed by atoms with Gasteiger partial charge in [-0.05, 0) is 39.0 Å². The fourth-order valence-electron chi connectivity index (χ4n) is 2.70. The minimum Gasteiger partial charge on any atom is -0.488 e. The molecule has 154 valence electrons. The van der Waals surface area contributed by atoms with Gasteiger partial charge >= 0.3 is 0 Å². The summed E-state index contributed by atoms with van der Waals surface area (Å²) < 4.78 is 11.4. The van der Waals surface area contributed by atoms with Crippen LogP contribution in [-0.4, -0.2) is 40.3 Å². The lowest BCUT2D eigenvalue weighted by atomic mass is 10.1. The molecule has 8 nitrogen and oxygen atoms in total. The van der Waals surface area contributed by atoms with Crippen molar-refractivity contribution in [2.75, 3.05) is 13.6 Å². The number of guanidine groups is 1. The van der Waals surface area contributed by atoms with E-state index in [1.165, 1.54) is 0 Å². The molecular weight excluding hydrogens is 368 g/mol. The zero-order chi connectivity index (χ0) is 20.7. The first-order valence-electron chi connectivity index (χ1n) is 9.61. The van der Waals surface area contributed by atoms with E-state index >= 15 is 0 Å². The van der Waals surface area contributed by atoms with Gasteiger partial charge < -0.3 is 19.8 Å². The zero-order valence-electron chi connectivity index (χ0n) is 17.3. The van der Waals surface area contributed by atoms with Crippen molar-refractivity contribution >= 4 is 5.96 Å². The Bertz CT molecular complexity index is 925. The standard InChI is InChI=1S/C21H28N6O2/c1-21(2,3)29-16-9-6-5-8-15(16)14-24-20(22-4)23-12-11-18-25-19(27-26-18)17-10-7-13-28-17/h5-10,13H,11-12,14H2,1-4H3,(H2,22,23,24)(H,25,26,27). The lowest BCUT2D eigenvalue weighted by Gasteiger charge is -2.23.